The lowest BCUT2D eigenvalue weighted by molar-refractivity contribution is -0.132. The third-order valence-electron chi connectivity index (χ3n) is 5.41. The third-order valence-corrected chi connectivity index (χ3v) is 5.41. The number of nitrogens with two attached hydrogens (primary N) is 1. The van der Waals surface area contributed by atoms with Gasteiger partial charge in [-0.25, -0.2) is 4.79 Å². The number of carbonyl (C=O) groups is 2. The molecule has 11 nitrogen and oxygen atoms in total. The van der Waals surface area contributed by atoms with E-state index in [0.717, 1.165) is 5.56 Å². The van der Waals surface area contributed by atoms with E-state index >= 15 is 0 Å². The Balaban J connectivity index is 2.35. The Labute approximate surface area is 198 Å². The van der Waals surface area contributed by atoms with Gasteiger partial charge >= 0.3 is 5.69 Å². The number of aromatic nitrogens is 2. The topological polar surface area (TPSA) is 134 Å². The van der Waals surface area contributed by atoms with Crippen LogP contribution in [0, 0.1) is 0 Å². The number of methoxy groups -OCH3 is 1. The van der Waals surface area contributed by atoms with Crippen molar-refractivity contribution in [1.29, 1.82) is 0 Å². The molecule has 1 aromatic carbocycles. The fourth-order valence-electron chi connectivity index (χ4n) is 3.58. The summed E-state index contributed by atoms with van der Waals surface area (Å²) < 4.78 is 6.33. The maximum absolute atomic E-state index is 13.2. The van der Waals surface area contributed by atoms with Gasteiger partial charge in [-0.05, 0) is 26.5 Å². The van der Waals surface area contributed by atoms with E-state index < -0.39 is 17.2 Å². The number of likely N-dealkylation sites (N-methyl/N-ethyl adjacent to an activating group) is 2. The Morgan fingerprint density at radius 2 is 1.68 bits per heavy atom. The molecule has 186 valence electrons. The number of nitrogens with zero attached hydrogens (tertiary/aromatic N) is 4. The Kier molecular flexibility index (Phi) is 10.0. The lowest BCUT2D eigenvalue weighted by Crippen LogP contribution is -2.47. The summed E-state index contributed by atoms with van der Waals surface area (Å²) in [5.41, 5.74) is 5.51. The van der Waals surface area contributed by atoms with Crippen molar-refractivity contribution in [2.24, 2.45) is 0 Å². The zero-order valence-corrected chi connectivity index (χ0v) is 20.2. The van der Waals surface area contributed by atoms with Crippen molar-refractivity contribution in [3.05, 3.63) is 56.7 Å². The van der Waals surface area contributed by atoms with Crippen molar-refractivity contribution >= 4 is 23.3 Å². The molecule has 0 spiro atoms. The minimum absolute atomic E-state index is 0.0456. The molecule has 2 aromatic rings. The van der Waals surface area contributed by atoms with E-state index in [4.69, 9.17) is 10.5 Å². The van der Waals surface area contributed by atoms with Crippen LogP contribution >= 0.6 is 0 Å². The average molecular weight is 475 g/mol. The largest absolute Gasteiger partial charge is 0.383 e. The molecule has 0 aliphatic carbocycles. The quantitative estimate of drug-likeness (QED) is 0.440. The van der Waals surface area contributed by atoms with E-state index in [1.807, 2.05) is 44.2 Å². The van der Waals surface area contributed by atoms with Crippen LogP contribution in [0.4, 0.5) is 11.5 Å². The molecular weight excluding hydrogens is 440 g/mol. The molecule has 34 heavy (non-hydrogen) atoms. The summed E-state index contributed by atoms with van der Waals surface area (Å²) in [7, 11) is 3.12. The second kappa shape index (κ2) is 12.7. The van der Waals surface area contributed by atoms with E-state index in [0.29, 0.717) is 13.1 Å². The van der Waals surface area contributed by atoms with Crippen LogP contribution in [0.5, 0.6) is 0 Å². The number of anilines is 2. The molecule has 0 aliphatic heterocycles. The number of nitrogen functional groups attached to an aromatic ring is 1. The van der Waals surface area contributed by atoms with E-state index in [9.17, 15) is 19.2 Å². The molecule has 0 bridgehead atoms. The van der Waals surface area contributed by atoms with Gasteiger partial charge in [0, 0.05) is 26.7 Å². The van der Waals surface area contributed by atoms with Crippen LogP contribution in [0.1, 0.15) is 19.4 Å². The molecule has 0 radical (unpaired) electrons. The molecule has 2 rings (SSSR count). The van der Waals surface area contributed by atoms with Crippen molar-refractivity contribution < 1.29 is 14.3 Å². The lowest BCUT2D eigenvalue weighted by atomic mass is 10.2. The highest BCUT2D eigenvalue weighted by Crippen LogP contribution is 2.18. The average Bonchev–Trinajstić information content (AvgIpc) is 2.80. The number of ether oxygens (including phenoxy) is 1. The maximum atomic E-state index is 13.2. The number of hydrogen-bond acceptors (Lipinski definition) is 7. The van der Waals surface area contributed by atoms with Crippen molar-refractivity contribution in [3.8, 4) is 0 Å². The Bertz CT molecular complexity index is 1080. The third kappa shape index (κ3) is 6.78. The second-order valence-electron chi connectivity index (χ2n) is 7.84. The van der Waals surface area contributed by atoms with Gasteiger partial charge in [-0.2, -0.15) is 0 Å². The van der Waals surface area contributed by atoms with Crippen LogP contribution in [-0.4, -0.2) is 84.7 Å². The van der Waals surface area contributed by atoms with E-state index in [1.165, 1.54) is 16.6 Å². The number of nitrogens with one attached hydrogen (secondary N) is 1. The van der Waals surface area contributed by atoms with Crippen molar-refractivity contribution in [2.45, 2.75) is 20.4 Å². The first kappa shape index (κ1) is 26.8. The molecule has 0 unspecified atom stereocenters. The monoisotopic (exact) mass is 474 g/mol. The number of hydrogen-bond donors (Lipinski definition) is 2. The molecule has 3 N–H and O–H groups in total. The highest BCUT2D eigenvalue weighted by molar-refractivity contribution is 5.97. The first-order valence-corrected chi connectivity index (χ1v) is 11.2. The normalized spacial score (nSPS) is 11.0. The Hall–Kier alpha value is -3.44. The fourth-order valence-corrected chi connectivity index (χ4v) is 3.58. The van der Waals surface area contributed by atoms with Crippen LogP contribution in [0.2, 0.25) is 0 Å². The van der Waals surface area contributed by atoms with Gasteiger partial charge in [-0.1, -0.05) is 30.3 Å². The summed E-state index contributed by atoms with van der Waals surface area (Å²) in [6, 6.07) is 9.15. The van der Waals surface area contributed by atoms with Gasteiger partial charge in [0.25, 0.3) is 5.56 Å². The smallest absolute Gasteiger partial charge is 0.330 e. The molecule has 0 fully saturated rings. The van der Waals surface area contributed by atoms with Gasteiger partial charge < -0.3 is 20.3 Å². The first-order chi connectivity index (χ1) is 16.2. The minimum atomic E-state index is -0.766. The van der Waals surface area contributed by atoms with Crippen LogP contribution in [0.25, 0.3) is 0 Å². The van der Waals surface area contributed by atoms with Crippen LogP contribution < -0.4 is 21.9 Å². The molecular formula is C23H34N6O5. The number of benzene rings is 1. The number of aromatic amines is 1. The first-order valence-electron chi connectivity index (χ1n) is 11.2. The fraction of sp³-hybridized carbons (Fsp3) is 0.478. The summed E-state index contributed by atoms with van der Waals surface area (Å²) >= 11 is 0. The van der Waals surface area contributed by atoms with Crippen LogP contribution in [0.3, 0.4) is 0 Å². The summed E-state index contributed by atoms with van der Waals surface area (Å²) in [4.78, 5) is 57.6. The number of carbonyl (C=O) groups excluding carboxylic acids is 2. The summed E-state index contributed by atoms with van der Waals surface area (Å²) in [6.45, 7) is 5.15. The number of amides is 2. The van der Waals surface area contributed by atoms with Gasteiger partial charge in [-0.15, -0.1) is 0 Å². The summed E-state index contributed by atoms with van der Waals surface area (Å²) in [6.07, 6.45) is 0. The highest BCUT2D eigenvalue weighted by Gasteiger charge is 2.26. The molecule has 0 aliphatic rings. The molecule has 2 amide bonds. The van der Waals surface area contributed by atoms with Crippen molar-refractivity contribution in [2.75, 3.05) is 64.1 Å². The molecule has 0 saturated carbocycles. The van der Waals surface area contributed by atoms with Gasteiger partial charge in [0.05, 0.1) is 26.2 Å². The van der Waals surface area contributed by atoms with Gasteiger partial charge in [0.15, 0.2) is 5.69 Å². The molecule has 0 atom stereocenters. The van der Waals surface area contributed by atoms with Crippen LogP contribution in [0.15, 0.2) is 39.9 Å². The molecule has 1 aromatic heterocycles. The van der Waals surface area contributed by atoms with E-state index in [2.05, 4.69) is 4.98 Å². The molecule has 11 heteroatoms. The SMILES string of the molecule is CCN(CC)C(=O)CN(C)CC(=O)N(CCOC)c1c(N)n(Cc2ccccc2)c(=O)[nH]c1=O. The van der Waals surface area contributed by atoms with E-state index in [-0.39, 0.29) is 50.2 Å². The zero-order valence-electron chi connectivity index (χ0n) is 20.2. The summed E-state index contributed by atoms with van der Waals surface area (Å²) in [5, 5.41) is 0. The molecule has 0 saturated heterocycles. The zero-order chi connectivity index (χ0) is 25.3. The predicted molar refractivity (Wildman–Crippen MR) is 131 cm³/mol. The van der Waals surface area contributed by atoms with Crippen molar-refractivity contribution in [3.63, 3.8) is 0 Å². The van der Waals surface area contributed by atoms with Crippen molar-refractivity contribution in [1.82, 2.24) is 19.4 Å². The molecule has 1 heterocycles. The van der Waals surface area contributed by atoms with Gasteiger partial charge in [0.1, 0.15) is 5.82 Å². The second-order valence-corrected chi connectivity index (χ2v) is 7.84. The summed E-state index contributed by atoms with van der Waals surface area (Å²) in [5.74, 6) is -0.671. The van der Waals surface area contributed by atoms with Crippen LogP contribution in [-0.2, 0) is 20.9 Å². The highest BCUT2D eigenvalue weighted by atomic mass is 16.5. The minimum Gasteiger partial charge on any atom is -0.383 e. The predicted octanol–water partition coefficient (Wildman–Crippen LogP) is -0.0533. The number of H-pyrrole nitrogens is 1. The Morgan fingerprint density at radius 3 is 2.26 bits per heavy atom. The Morgan fingerprint density at radius 1 is 1.06 bits per heavy atom. The van der Waals surface area contributed by atoms with Gasteiger partial charge in [0.2, 0.25) is 11.8 Å². The van der Waals surface area contributed by atoms with Gasteiger partial charge in [-0.3, -0.25) is 28.8 Å². The van der Waals surface area contributed by atoms with E-state index in [1.54, 1.807) is 16.8 Å². The lowest BCUT2D eigenvalue weighted by Gasteiger charge is -2.27. The maximum Gasteiger partial charge on any atom is 0.330 e. The standard InChI is InChI=1S/C23H34N6O5/c1-5-27(6-2)18(30)15-26(3)16-19(31)28(12-13-34-4)20-21(24)29(23(33)25-22(20)32)14-17-10-8-7-9-11-17/h7-11H,5-6,12-16,24H2,1-4H3,(H,25,32,33). The number of rotatable bonds is 12.